The number of hydrogen-bond acceptors (Lipinski definition) is 6. The molecule has 0 saturated heterocycles. The second-order valence-electron chi connectivity index (χ2n) is 6.54. The van der Waals surface area contributed by atoms with Gasteiger partial charge in [0.1, 0.15) is 5.52 Å². The molecule has 1 amide bonds. The second kappa shape index (κ2) is 8.45. The molecule has 1 aromatic heterocycles. The Labute approximate surface area is 181 Å². The molecule has 0 aliphatic heterocycles. The van der Waals surface area contributed by atoms with E-state index < -0.39 is 10.8 Å². The normalized spacial score (nSPS) is 10.8. The molecule has 31 heavy (non-hydrogen) atoms. The fraction of sp³-hybridized carbons (Fsp3) is 0.0909. The van der Waals surface area contributed by atoms with Crippen LogP contribution in [0.4, 0.5) is 11.4 Å². The minimum Gasteiger partial charge on any atom is -0.487 e. The van der Waals surface area contributed by atoms with Gasteiger partial charge >= 0.3 is 5.69 Å². The minimum absolute atomic E-state index is 0.113. The van der Waals surface area contributed by atoms with Crippen molar-refractivity contribution in [2.24, 2.45) is 0 Å². The van der Waals surface area contributed by atoms with E-state index >= 15 is 0 Å². The smallest absolute Gasteiger partial charge is 0.311 e. The first-order valence-electron chi connectivity index (χ1n) is 9.33. The number of amides is 1. The topological polar surface area (TPSA) is 108 Å². The molecule has 0 unspecified atom stereocenters. The highest BCUT2D eigenvalue weighted by atomic mass is 35.5. The van der Waals surface area contributed by atoms with E-state index in [1.54, 1.807) is 49.4 Å². The van der Waals surface area contributed by atoms with Gasteiger partial charge in [0.25, 0.3) is 5.91 Å². The lowest BCUT2D eigenvalue weighted by Crippen LogP contribution is -2.12. The molecule has 0 saturated carbocycles. The van der Waals surface area contributed by atoms with Crippen molar-refractivity contribution in [3.63, 3.8) is 0 Å². The van der Waals surface area contributed by atoms with Crippen LogP contribution < -0.4 is 10.1 Å². The molecule has 0 bridgehead atoms. The first kappa shape index (κ1) is 20.4. The predicted molar refractivity (Wildman–Crippen MR) is 117 cm³/mol. The monoisotopic (exact) mass is 437 g/mol. The molecular weight excluding hydrogens is 422 g/mol. The molecule has 0 aliphatic carbocycles. The molecule has 156 valence electrons. The van der Waals surface area contributed by atoms with Gasteiger partial charge in [-0.3, -0.25) is 14.9 Å². The number of benzene rings is 3. The molecule has 0 atom stereocenters. The molecule has 0 spiro atoms. The van der Waals surface area contributed by atoms with Crippen LogP contribution in [0.5, 0.6) is 5.75 Å². The summed E-state index contributed by atoms with van der Waals surface area (Å²) >= 11 is 5.99. The summed E-state index contributed by atoms with van der Waals surface area (Å²) in [6.45, 7) is 2.00. The van der Waals surface area contributed by atoms with E-state index in [9.17, 15) is 14.9 Å². The Hall–Kier alpha value is -3.91. The molecule has 8 nitrogen and oxygen atoms in total. The zero-order chi connectivity index (χ0) is 22.0. The standard InChI is InChI=1S/C22H16ClN3O5/c1-2-30-20-8-6-13(11-18(20)26(28)29)21(27)24-16-5-3-4-14(10-16)22-25-17-12-15(23)7-9-19(17)31-22/h3-12H,2H2,1H3,(H,24,27). The van der Waals surface area contributed by atoms with Gasteiger partial charge in [0.2, 0.25) is 5.89 Å². The van der Waals surface area contributed by atoms with Gasteiger partial charge in [-0.05, 0) is 55.5 Å². The molecule has 0 radical (unpaired) electrons. The van der Waals surface area contributed by atoms with E-state index in [-0.39, 0.29) is 23.6 Å². The molecule has 4 aromatic rings. The van der Waals surface area contributed by atoms with Crippen LogP contribution in [0.3, 0.4) is 0 Å². The number of anilines is 1. The van der Waals surface area contributed by atoms with Crippen molar-refractivity contribution in [2.45, 2.75) is 6.92 Å². The number of nitro groups is 1. The summed E-state index contributed by atoms with van der Waals surface area (Å²) in [4.78, 5) is 27.8. The number of nitro benzene ring substituents is 1. The Bertz CT molecular complexity index is 1300. The summed E-state index contributed by atoms with van der Waals surface area (Å²) < 4.78 is 11.0. The number of ether oxygens (including phenoxy) is 1. The van der Waals surface area contributed by atoms with Crippen LogP contribution in [-0.4, -0.2) is 22.4 Å². The lowest BCUT2D eigenvalue weighted by atomic mass is 10.1. The zero-order valence-electron chi connectivity index (χ0n) is 16.3. The largest absolute Gasteiger partial charge is 0.487 e. The average Bonchev–Trinajstić information content (AvgIpc) is 3.17. The molecule has 3 aromatic carbocycles. The summed E-state index contributed by atoms with van der Waals surface area (Å²) in [5.74, 6) is -0.000160. The summed E-state index contributed by atoms with van der Waals surface area (Å²) in [5.41, 5.74) is 2.22. The fourth-order valence-electron chi connectivity index (χ4n) is 3.04. The third-order valence-electron chi connectivity index (χ3n) is 4.43. The SMILES string of the molecule is CCOc1ccc(C(=O)Nc2cccc(-c3nc4cc(Cl)ccc4o3)c2)cc1[N+](=O)[O-]. The van der Waals surface area contributed by atoms with Crippen molar-refractivity contribution in [3.05, 3.63) is 81.4 Å². The van der Waals surface area contributed by atoms with Gasteiger partial charge in [-0.1, -0.05) is 17.7 Å². The number of halogens is 1. The summed E-state index contributed by atoms with van der Waals surface area (Å²) in [6.07, 6.45) is 0. The summed E-state index contributed by atoms with van der Waals surface area (Å²) in [6, 6.07) is 16.2. The van der Waals surface area contributed by atoms with Gasteiger partial charge in [-0.15, -0.1) is 0 Å². The molecule has 4 rings (SSSR count). The first-order chi connectivity index (χ1) is 14.9. The van der Waals surface area contributed by atoms with E-state index in [0.717, 1.165) is 0 Å². The van der Waals surface area contributed by atoms with Gasteiger partial charge in [0, 0.05) is 27.9 Å². The number of nitrogens with zero attached hydrogens (tertiary/aromatic N) is 2. The average molecular weight is 438 g/mol. The fourth-order valence-corrected chi connectivity index (χ4v) is 3.20. The molecule has 1 N–H and O–H groups in total. The molecule has 0 aliphatic rings. The number of nitrogens with one attached hydrogen (secondary N) is 1. The number of carbonyl (C=O) groups is 1. The maximum absolute atomic E-state index is 12.7. The highest BCUT2D eigenvalue weighted by Gasteiger charge is 2.19. The number of fused-ring (bicyclic) bond motifs is 1. The van der Waals surface area contributed by atoms with Crippen LogP contribution in [0, 0.1) is 10.1 Å². The van der Waals surface area contributed by atoms with Crippen LogP contribution >= 0.6 is 11.6 Å². The van der Waals surface area contributed by atoms with Crippen molar-refractivity contribution >= 4 is 40.0 Å². The predicted octanol–water partition coefficient (Wildman–Crippen LogP) is 5.71. The maximum atomic E-state index is 12.7. The quantitative estimate of drug-likeness (QED) is 0.306. The van der Waals surface area contributed by atoms with Crippen molar-refractivity contribution in [3.8, 4) is 17.2 Å². The van der Waals surface area contributed by atoms with Gasteiger partial charge in [-0.25, -0.2) is 4.98 Å². The van der Waals surface area contributed by atoms with Gasteiger partial charge in [0.15, 0.2) is 11.3 Å². The lowest BCUT2D eigenvalue weighted by Gasteiger charge is -2.08. The van der Waals surface area contributed by atoms with Crippen LogP contribution in [-0.2, 0) is 0 Å². The zero-order valence-corrected chi connectivity index (χ0v) is 17.1. The van der Waals surface area contributed by atoms with Crippen LogP contribution in [0.2, 0.25) is 5.02 Å². The highest BCUT2D eigenvalue weighted by molar-refractivity contribution is 6.31. The Morgan fingerprint density at radius 1 is 1.19 bits per heavy atom. The number of aromatic nitrogens is 1. The van der Waals surface area contributed by atoms with Gasteiger partial charge in [-0.2, -0.15) is 0 Å². The molecule has 1 heterocycles. The Morgan fingerprint density at radius 2 is 2.03 bits per heavy atom. The third kappa shape index (κ3) is 4.34. The van der Waals surface area contributed by atoms with Crippen LogP contribution in [0.15, 0.2) is 65.1 Å². The number of carbonyl (C=O) groups excluding carboxylic acids is 1. The molecule has 9 heteroatoms. The van der Waals surface area contributed by atoms with E-state index in [0.29, 0.717) is 33.3 Å². The second-order valence-corrected chi connectivity index (χ2v) is 6.98. The number of hydrogen-bond donors (Lipinski definition) is 1. The Balaban J connectivity index is 1.59. The molecule has 0 fully saturated rings. The van der Waals surface area contributed by atoms with Crippen molar-refractivity contribution in [1.29, 1.82) is 0 Å². The van der Waals surface area contributed by atoms with Crippen LogP contribution in [0.25, 0.3) is 22.6 Å². The van der Waals surface area contributed by atoms with E-state index in [4.69, 9.17) is 20.8 Å². The van der Waals surface area contributed by atoms with Gasteiger partial charge < -0.3 is 14.5 Å². The lowest BCUT2D eigenvalue weighted by molar-refractivity contribution is -0.385. The van der Waals surface area contributed by atoms with Gasteiger partial charge in [0.05, 0.1) is 11.5 Å². The maximum Gasteiger partial charge on any atom is 0.311 e. The number of rotatable bonds is 6. The third-order valence-corrected chi connectivity index (χ3v) is 4.67. The van der Waals surface area contributed by atoms with Crippen LogP contribution in [0.1, 0.15) is 17.3 Å². The first-order valence-corrected chi connectivity index (χ1v) is 9.71. The van der Waals surface area contributed by atoms with E-state index in [1.807, 2.05) is 0 Å². The van der Waals surface area contributed by atoms with E-state index in [1.165, 1.54) is 18.2 Å². The van der Waals surface area contributed by atoms with E-state index in [2.05, 4.69) is 10.3 Å². The van der Waals surface area contributed by atoms with Crippen molar-refractivity contribution in [2.75, 3.05) is 11.9 Å². The summed E-state index contributed by atoms with van der Waals surface area (Å²) in [5, 5.41) is 14.6. The number of oxazole rings is 1. The van der Waals surface area contributed by atoms with Crippen molar-refractivity contribution in [1.82, 2.24) is 4.98 Å². The summed E-state index contributed by atoms with van der Waals surface area (Å²) in [7, 11) is 0. The van der Waals surface area contributed by atoms with Crippen molar-refractivity contribution < 1.29 is 18.9 Å². The molecular formula is C22H16ClN3O5. The Morgan fingerprint density at radius 3 is 2.81 bits per heavy atom. The highest BCUT2D eigenvalue weighted by Crippen LogP contribution is 2.30. The minimum atomic E-state index is -0.581. The Kier molecular flexibility index (Phi) is 5.55.